The van der Waals surface area contributed by atoms with Crippen molar-refractivity contribution in [3.63, 3.8) is 0 Å². The van der Waals surface area contributed by atoms with Crippen molar-refractivity contribution in [1.82, 2.24) is 15.5 Å². The number of likely N-dealkylation sites (N-methyl/N-ethyl adjacent to an activating group) is 1. The number of carbonyl (C=O) groups is 2. The largest absolute Gasteiger partial charge is 0.416 e. The van der Waals surface area contributed by atoms with Crippen molar-refractivity contribution < 1.29 is 35.9 Å². The molecular weight excluding hydrogens is 440 g/mol. The third-order valence-electron chi connectivity index (χ3n) is 4.63. The van der Waals surface area contributed by atoms with Crippen LogP contribution >= 0.6 is 0 Å². The average Bonchev–Trinajstić information content (AvgIpc) is 2.72. The molecule has 2 amide bonds. The molecule has 0 unspecified atom stereocenters. The number of benzene rings is 2. The maximum atomic E-state index is 13.1. The monoisotopic (exact) mass is 457 g/mol. The van der Waals surface area contributed by atoms with Crippen LogP contribution in [0.5, 0.6) is 0 Å². The molecule has 32 heavy (non-hydrogen) atoms. The van der Waals surface area contributed by atoms with E-state index in [4.69, 9.17) is 0 Å². The molecule has 0 spiro atoms. The van der Waals surface area contributed by atoms with Gasteiger partial charge in [-0.25, -0.2) is 0 Å². The first-order chi connectivity index (χ1) is 14.9. The highest BCUT2D eigenvalue weighted by Gasteiger charge is 2.37. The molecule has 0 saturated heterocycles. The van der Waals surface area contributed by atoms with Crippen molar-refractivity contribution in [3.8, 4) is 0 Å². The van der Waals surface area contributed by atoms with Crippen LogP contribution in [0.1, 0.15) is 22.3 Å². The molecule has 1 heterocycles. The fourth-order valence-electron chi connectivity index (χ4n) is 3.16. The molecule has 1 aliphatic heterocycles. The summed E-state index contributed by atoms with van der Waals surface area (Å²) in [6.07, 6.45) is -9.99. The molecule has 0 aromatic heterocycles. The number of amides is 2. The smallest absolute Gasteiger partial charge is 0.374 e. The number of hydrogen-bond donors (Lipinski definition) is 2. The fraction of sp³-hybridized carbons (Fsp3) is 0.238. The van der Waals surface area contributed by atoms with Crippen molar-refractivity contribution in [2.24, 2.45) is 0 Å². The molecular formula is C21H17F6N3O2. The number of rotatable bonds is 4. The Balaban J connectivity index is 1.95. The molecule has 1 aliphatic rings. The lowest BCUT2D eigenvalue weighted by molar-refractivity contribution is -0.143. The molecule has 0 atom stereocenters. The number of nitrogens with one attached hydrogen (secondary N) is 2. The first-order valence-electron chi connectivity index (χ1n) is 9.23. The van der Waals surface area contributed by atoms with Crippen LogP contribution in [-0.4, -0.2) is 30.3 Å². The van der Waals surface area contributed by atoms with Crippen LogP contribution in [0.25, 0.3) is 5.70 Å². The third kappa shape index (κ3) is 5.21. The predicted octanol–water partition coefficient (Wildman–Crippen LogP) is 3.77. The number of nitrogens with zero attached hydrogens (tertiary/aromatic N) is 1. The van der Waals surface area contributed by atoms with Gasteiger partial charge in [-0.2, -0.15) is 26.3 Å². The van der Waals surface area contributed by atoms with Crippen molar-refractivity contribution in [1.29, 1.82) is 0 Å². The van der Waals surface area contributed by atoms with E-state index in [0.29, 0.717) is 23.4 Å². The summed E-state index contributed by atoms with van der Waals surface area (Å²) < 4.78 is 78.6. The minimum Gasteiger partial charge on any atom is -0.374 e. The Morgan fingerprint density at radius 1 is 0.969 bits per heavy atom. The minimum atomic E-state index is -5.00. The molecule has 2 N–H and O–H groups in total. The van der Waals surface area contributed by atoms with Gasteiger partial charge in [-0.05, 0) is 29.3 Å². The highest BCUT2D eigenvalue weighted by Crippen LogP contribution is 2.36. The molecule has 2 aromatic rings. The molecule has 3 rings (SSSR count). The van der Waals surface area contributed by atoms with Gasteiger partial charge in [0.1, 0.15) is 5.70 Å². The average molecular weight is 457 g/mol. The van der Waals surface area contributed by atoms with Crippen LogP contribution in [0.4, 0.5) is 26.3 Å². The quantitative estimate of drug-likeness (QED) is 0.688. The van der Waals surface area contributed by atoms with E-state index < -0.39 is 41.8 Å². The summed E-state index contributed by atoms with van der Waals surface area (Å²) in [6.45, 7) is -0.652. The van der Waals surface area contributed by atoms with E-state index in [0.717, 1.165) is 4.90 Å². The Labute approximate surface area is 178 Å². The third-order valence-corrected chi connectivity index (χ3v) is 4.63. The molecule has 0 fully saturated rings. The summed E-state index contributed by atoms with van der Waals surface area (Å²) in [4.78, 5) is 25.7. The van der Waals surface area contributed by atoms with Gasteiger partial charge in [0.15, 0.2) is 0 Å². The Bertz CT molecular complexity index is 1030. The number of carbonyl (C=O) groups excluding carboxylic acids is 2. The summed E-state index contributed by atoms with van der Waals surface area (Å²) in [5, 5.41) is 5.25. The van der Waals surface area contributed by atoms with Gasteiger partial charge in [0.05, 0.1) is 23.4 Å². The summed E-state index contributed by atoms with van der Waals surface area (Å²) in [6, 6.07) is 9.64. The van der Waals surface area contributed by atoms with Crippen molar-refractivity contribution in [2.75, 3.05) is 13.6 Å². The van der Waals surface area contributed by atoms with Crippen LogP contribution < -0.4 is 10.6 Å². The first-order valence-corrected chi connectivity index (χ1v) is 9.23. The molecule has 0 aliphatic carbocycles. The first kappa shape index (κ1) is 23.2. The van der Waals surface area contributed by atoms with Gasteiger partial charge in [-0.3, -0.25) is 9.59 Å². The molecule has 0 saturated carbocycles. The molecule has 0 radical (unpaired) electrons. The summed E-state index contributed by atoms with van der Waals surface area (Å²) in [7, 11) is 1.21. The standard InChI is InChI=1S/C21H17F6N3O2/c1-30(11-12-7-14(20(22,23)24)9-15(8-12)21(25,26)27)19(32)18-17(28-10-16(31)29-18)13-5-3-2-4-6-13/h2-9,28H,10-11H2,1H3,(H,29,31). The highest BCUT2D eigenvalue weighted by atomic mass is 19.4. The van der Waals surface area contributed by atoms with Crippen molar-refractivity contribution in [3.05, 3.63) is 76.5 Å². The second-order valence-corrected chi connectivity index (χ2v) is 7.09. The van der Waals surface area contributed by atoms with Crippen LogP contribution in [-0.2, 0) is 28.5 Å². The van der Waals surface area contributed by atoms with Gasteiger partial charge in [0.25, 0.3) is 5.91 Å². The maximum Gasteiger partial charge on any atom is 0.416 e. The van der Waals surface area contributed by atoms with Gasteiger partial charge >= 0.3 is 12.4 Å². The SMILES string of the molecule is CN(Cc1cc(C(F)(F)F)cc(C(F)(F)F)c1)C(=O)C1=C(c2ccccc2)NCC(=O)N1. The van der Waals surface area contributed by atoms with E-state index in [1.807, 2.05) is 0 Å². The van der Waals surface area contributed by atoms with Crippen LogP contribution in [0, 0.1) is 0 Å². The van der Waals surface area contributed by atoms with Gasteiger partial charge in [0.2, 0.25) is 5.91 Å². The van der Waals surface area contributed by atoms with E-state index in [1.54, 1.807) is 30.3 Å². The number of hydrogen-bond acceptors (Lipinski definition) is 3. The van der Waals surface area contributed by atoms with Gasteiger partial charge in [-0.15, -0.1) is 0 Å². The zero-order valence-corrected chi connectivity index (χ0v) is 16.6. The lowest BCUT2D eigenvalue weighted by Crippen LogP contribution is -2.45. The predicted molar refractivity (Wildman–Crippen MR) is 102 cm³/mol. The van der Waals surface area contributed by atoms with Crippen molar-refractivity contribution >= 4 is 17.5 Å². The van der Waals surface area contributed by atoms with Crippen LogP contribution in [0.3, 0.4) is 0 Å². The van der Waals surface area contributed by atoms with Gasteiger partial charge in [0, 0.05) is 13.6 Å². The number of halogens is 6. The molecule has 2 aromatic carbocycles. The Morgan fingerprint density at radius 2 is 1.53 bits per heavy atom. The summed E-state index contributed by atoms with van der Waals surface area (Å²) in [5.74, 6) is -1.30. The van der Waals surface area contributed by atoms with Crippen LogP contribution in [0.15, 0.2) is 54.2 Å². The topological polar surface area (TPSA) is 61.4 Å². The van der Waals surface area contributed by atoms with Crippen molar-refractivity contribution in [2.45, 2.75) is 18.9 Å². The summed E-state index contributed by atoms with van der Waals surface area (Å²) >= 11 is 0. The maximum absolute atomic E-state index is 13.1. The van der Waals surface area contributed by atoms with Gasteiger partial charge in [-0.1, -0.05) is 30.3 Å². The normalized spacial score (nSPS) is 14.7. The Hall–Kier alpha value is -3.50. The van der Waals surface area contributed by atoms with E-state index >= 15 is 0 Å². The van der Waals surface area contributed by atoms with E-state index in [2.05, 4.69) is 10.6 Å². The summed E-state index contributed by atoms with van der Waals surface area (Å²) in [5.41, 5.74) is -2.59. The second-order valence-electron chi connectivity index (χ2n) is 7.09. The second kappa shape index (κ2) is 8.56. The Kier molecular flexibility index (Phi) is 6.20. The van der Waals surface area contributed by atoms with E-state index in [1.165, 1.54) is 7.05 Å². The Morgan fingerprint density at radius 3 is 2.06 bits per heavy atom. The zero-order chi connectivity index (χ0) is 23.7. The minimum absolute atomic E-state index is 0.0205. The molecule has 170 valence electrons. The van der Waals surface area contributed by atoms with Crippen LogP contribution in [0.2, 0.25) is 0 Å². The van der Waals surface area contributed by atoms with E-state index in [-0.39, 0.29) is 23.9 Å². The van der Waals surface area contributed by atoms with Gasteiger partial charge < -0.3 is 15.5 Å². The highest BCUT2D eigenvalue weighted by molar-refractivity contribution is 6.05. The fourth-order valence-corrected chi connectivity index (χ4v) is 3.16. The lowest BCUT2D eigenvalue weighted by atomic mass is 10.0. The zero-order valence-electron chi connectivity index (χ0n) is 16.6. The molecule has 0 bridgehead atoms. The molecule has 11 heteroatoms. The van der Waals surface area contributed by atoms with E-state index in [9.17, 15) is 35.9 Å². The molecule has 5 nitrogen and oxygen atoms in total. The lowest BCUT2D eigenvalue weighted by Gasteiger charge is -2.26. The number of alkyl halides is 6.